The Bertz CT molecular complexity index is 362. The van der Waals surface area contributed by atoms with E-state index in [9.17, 15) is 0 Å². The molecule has 1 aromatic carbocycles. The first-order valence-electron chi connectivity index (χ1n) is 5.17. The van der Waals surface area contributed by atoms with Crippen LogP contribution in [0.15, 0.2) is 28.7 Å². The molecule has 0 heterocycles. The van der Waals surface area contributed by atoms with Gasteiger partial charge in [0.1, 0.15) is 6.04 Å². The highest BCUT2D eigenvalue weighted by Gasteiger charge is 2.06. The van der Waals surface area contributed by atoms with Crippen LogP contribution < -0.4 is 5.32 Å². The van der Waals surface area contributed by atoms with Crippen molar-refractivity contribution >= 4 is 33.4 Å². The summed E-state index contributed by atoms with van der Waals surface area (Å²) in [7, 11) is 0. The van der Waals surface area contributed by atoms with Crippen LogP contribution in [-0.4, -0.2) is 18.1 Å². The number of hydrogen-bond donors (Lipinski definition) is 1. The average molecular weight is 299 g/mol. The maximum Gasteiger partial charge on any atom is 0.114 e. The van der Waals surface area contributed by atoms with Gasteiger partial charge in [-0.05, 0) is 43.0 Å². The molecule has 1 aromatic rings. The highest BCUT2D eigenvalue weighted by atomic mass is 79.9. The van der Waals surface area contributed by atoms with E-state index in [1.807, 2.05) is 36.0 Å². The van der Waals surface area contributed by atoms with Crippen LogP contribution >= 0.6 is 27.7 Å². The Morgan fingerprint density at radius 2 is 2.38 bits per heavy atom. The standard InChI is InChI=1S/C12H15BrN2S/c1-16-7-3-6-12(9-14)15-11-5-2-4-10(13)8-11/h2,4-5,8,12,15H,3,6-7H2,1H3. The monoisotopic (exact) mass is 298 g/mol. The molecule has 1 atom stereocenters. The van der Waals surface area contributed by atoms with Crippen LogP contribution in [-0.2, 0) is 0 Å². The Balaban J connectivity index is 2.47. The van der Waals surface area contributed by atoms with Crippen LogP contribution in [0.1, 0.15) is 12.8 Å². The van der Waals surface area contributed by atoms with Gasteiger partial charge in [0.2, 0.25) is 0 Å². The molecule has 0 amide bonds. The minimum Gasteiger partial charge on any atom is -0.370 e. The zero-order valence-electron chi connectivity index (χ0n) is 9.24. The van der Waals surface area contributed by atoms with Gasteiger partial charge in [-0.1, -0.05) is 22.0 Å². The molecule has 0 saturated heterocycles. The van der Waals surface area contributed by atoms with Gasteiger partial charge in [-0.2, -0.15) is 17.0 Å². The van der Waals surface area contributed by atoms with Crippen molar-refractivity contribution in [2.45, 2.75) is 18.9 Å². The number of benzene rings is 1. The van der Waals surface area contributed by atoms with E-state index in [1.165, 1.54) is 0 Å². The lowest BCUT2D eigenvalue weighted by Crippen LogP contribution is -2.17. The van der Waals surface area contributed by atoms with Gasteiger partial charge in [0.05, 0.1) is 6.07 Å². The normalized spacial score (nSPS) is 11.8. The molecule has 0 spiro atoms. The third kappa shape index (κ3) is 4.91. The van der Waals surface area contributed by atoms with Gasteiger partial charge in [-0.3, -0.25) is 0 Å². The van der Waals surface area contributed by atoms with Gasteiger partial charge < -0.3 is 5.32 Å². The van der Waals surface area contributed by atoms with Crippen molar-refractivity contribution < 1.29 is 0 Å². The molecule has 16 heavy (non-hydrogen) atoms. The molecule has 0 fully saturated rings. The van der Waals surface area contributed by atoms with E-state index in [0.717, 1.165) is 28.8 Å². The molecular formula is C12H15BrN2S. The fourth-order valence-corrected chi connectivity index (χ4v) is 2.23. The maximum atomic E-state index is 9.02. The van der Waals surface area contributed by atoms with Crippen molar-refractivity contribution in [2.24, 2.45) is 0 Å². The fourth-order valence-electron chi connectivity index (χ4n) is 1.38. The van der Waals surface area contributed by atoms with E-state index in [0.29, 0.717) is 0 Å². The number of anilines is 1. The first-order chi connectivity index (χ1) is 7.76. The number of rotatable bonds is 6. The van der Waals surface area contributed by atoms with Crippen LogP contribution in [0.25, 0.3) is 0 Å². The van der Waals surface area contributed by atoms with Gasteiger partial charge in [-0.15, -0.1) is 0 Å². The Morgan fingerprint density at radius 3 is 3.00 bits per heavy atom. The number of hydrogen-bond acceptors (Lipinski definition) is 3. The molecule has 1 unspecified atom stereocenters. The summed E-state index contributed by atoms with van der Waals surface area (Å²) in [6.45, 7) is 0. The highest BCUT2D eigenvalue weighted by molar-refractivity contribution is 9.10. The van der Waals surface area contributed by atoms with E-state index in [2.05, 4.69) is 33.6 Å². The molecule has 0 radical (unpaired) electrons. The summed E-state index contributed by atoms with van der Waals surface area (Å²) in [4.78, 5) is 0. The minimum absolute atomic E-state index is 0.0959. The van der Waals surface area contributed by atoms with Crippen molar-refractivity contribution in [3.05, 3.63) is 28.7 Å². The lowest BCUT2D eigenvalue weighted by Gasteiger charge is -2.12. The van der Waals surface area contributed by atoms with Crippen molar-refractivity contribution in [3.8, 4) is 6.07 Å². The largest absolute Gasteiger partial charge is 0.370 e. The molecule has 4 heteroatoms. The van der Waals surface area contributed by atoms with E-state index >= 15 is 0 Å². The lowest BCUT2D eigenvalue weighted by atomic mass is 10.2. The van der Waals surface area contributed by atoms with E-state index in [4.69, 9.17) is 5.26 Å². The third-order valence-corrected chi connectivity index (χ3v) is 3.35. The van der Waals surface area contributed by atoms with Crippen LogP contribution in [0, 0.1) is 11.3 Å². The van der Waals surface area contributed by atoms with E-state index < -0.39 is 0 Å². The summed E-state index contributed by atoms with van der Waals surface area (Å²) in [5, 5.41) is 12.3. The summed E-state index contributed by atoms with van der Waals surface area (Å²) in [5.74, 6) is 1.11. The number of halogens is 1. The zero-order chi connectivity index (χ0) is 11.8. The number of nitriles is 1. The van der Waals surface area contributed by atoms with E-state index in [-0.39, 0.29) is 6.04 Å². The van der Waals surface area contributed by atoms with E-state index in [1.54, 1.807) is 0 Å². The van der Waals surface area contributed by atoms with Gasteiger partial charge in [-0.25, -0.2) is 0 Å². The van der Waals surface area contributed by atoms with Crippen molar-refractivity contribution in [1.82, 2.24) is 0 Å². The first kappa shape index (κ1) is 13.4. The number of thioether (sulfide) groups is 1. The summed E-state index contributed by atoms with van der Waals surface area (Å²) in [6.07, 6.45) is 4.05. The third-order valence-electron chi connectivity index (χ3n) is 2.16. The highest BCUT2D eigenvalue weighted by Crippen LogP contribution is 2.17. The van der Waals surface area contributed by atoms with Gasteiger partial charge in [0, 0.05) is 10.2 Å². The Kier molecular flexibility index (Phi) is 6.36. The Labute approximate surface area is 110 Å². The molecule has 1 N–H and O–H groups in total. The number of nitrogens with one attached hydrogen (secondary N) is 1. The SMILES string of the molecule is CSCCCC(C#N)Nc1cccc(Br)c1. The summed E-state index contributed by atoms with van der Waals surface area (Å²) >= 11 is 5.23. The summed E-state index contributed by atoms with van der Waals surface area (Å²) in [6, 6.07) is 10.1. The fraction of sp³-hybridized carbons (Fsp3) is 0.417. The second kappa shape index (κ2) is 7.59. The second-order valence-corrected chi connectivity index (χ2v) is 5.37. The van der Waals surface area contributed by atoms with Crippen LogP contribution in [0.3, 0.4) is 0 Å². The number of nitrogens with zero attached hydrogens (tertiary/aromatic N) is 1. The molecule has 2 nitrogen and oxygen atoms in total. The molecule has 0 aliphatic heterocycles. The predicted octanol–water partition coefficient (Wildman–Crippen LogP) is 3.90. The van der Waals surface area contributed by atoms with Crippen molar-refractivity contribution in [1.29, 1.82) is 5.26 Å². The molecule has 0 aromatic heterocycles. The summed E-state index contributed by atoms with van der Waals surface area (Å²) in [5.41, 5.74) is 0.991. The van der Waals surface area contributed by atoms with Gasteiger partial charge in [0.15, 0.2) is 0 Å². The smallest absolute Gasteiger partial charge is 0.114 e. The molecule has 0 aliphatic rings. The van der Waals surface area contributed by atoms with Crippen LogP contribution in [0.4, 0.5) is 5.69 Å². The average Bonchev–Trinajstić information content (AvgIpc) is 2.28. The predicted molar refractivity (Wildman–Crippen MR) is 74.8 cm³/mol. The molecule has 0 bridgehead atoms. The quantitative estimate of drug-likeness (QED) is 0.809. The van der Waals surface area contributed by atoms with Crippen molar-refractivity contribution in [2.75, 3.05) is 17.3 Å². The van der Waals surface area contributed by atoms with Crippen molar-refractivity contribution in [3.63, 3.8) is 0 Å². The molecule has 1 rings (SSSR count). The zero-order valence-corrected chi connectivity index (χ0v) is 11.6. The molecule has 0 saturated carbocycles. The van der Waals surface area contributed by atoms with Crippen LogP contribution in [0.2, 0.25) is 0 Å². The van der Waals surface area contributed by atoms with Crippen LogP contribution in [0.5, 0.6) is 0 Å². The second-order valence-electron chi connectivity index (χ2n) is 3.47. The summed E-state index contributed by atoms with van der Waals surface area (Å²) < 4.78 is 1.03. The topological polar surface area (TPSA) is 35.8 Å². The first-order valence-corrected chi connectivity index (χ1v) is 7.35. The molecule has 0 aliphatic carbocycles. The van der Waals surface area contributed by atoms with Gasteiger partial charge in [0.25, 0.3) is 0 Å². The molecule has 86 valence electrons. The maximum absolute atomic E-state index is 9.02. The Hall–Kier alpha value is -0.660. The molecular weight excluding hydrogens is 284 g/mol. The minimum atomic E-state index is -0.0959. The lowest BCUT2D eigenvalue weighted by molar-refractivity contribution is 0.755. The van der Waals surface area contributed by atoms with Gasteiger partial charge >= 0.3 is 0 Å². The Morgan fingerprint density at radius 1 is 1.56 bits per heavy atom.